The molecular weight excluding hydrogens is 842 g/mol. The van der Waals surface area contributed by atoms with Crippen molar-refractivity contribution in [1.82, 2.24) is 0 Å². The van der Waals surface area contributed by atoms with Crippen LogP contribution < -0.4 is 21.2 Å². The van der Waals surface area contributed by atoms with Gasteiger partial charge < -0.3 is 0 Å². The molecule has 302 valence electrons. The first kappa shape index (κ1) is 41.1. The Morgan fingerprint density at radius 1 is 0.300 bits per heavy atom. The van der Waals surface area contributed by atoms with Crippen LogP contribution in [-0.4, -0.2) is 0 Å². The summed E-state index contributed by atoms with van der Waals surface area (Å²) in [5, 5.41) is 1.76. The van der Waals surface area contributed by atoms with Gasteiger partial charge in [-0.2, -0.15) is 0 Å². The van der Waals surface area contributed by atoms with Gasteiger partial charge in [-0.25, -0.2) is 52.7 Å². The van der Waals surface area contributed by atoms with E-state index in [9.17, 15) is 52.7 Å². The second kappa shape index (κ2) is 16.4. The number of hydrogen-bond acceptors (Lipinski definition) is 0. The van der Waals surface area contributed by atoms with Crippen LogP contribution in [0, 0.1) is 69.8 Å². The summed E-state index contributed by atoms with van der Waals surface area (Å²) in [7, 11) is -4.54. The van der Waals surface area contributed by atoms with Crippen LogP contribution in [0.1, 0.15) is 11.1 Å². The standard InChI is InChI=1S/C46H24F12P2/c47-33-13-27(14-34(48)43(33)55)59(28-15-35(49)44(56)36(50)16-28)21-25-11-9-23-5-1-3-7-31(23)41(25)42-26(12-10-24-6-2-4-8-32(24)42)22-60(29-17-37(51)45(57)38(52)18-29)30-19-39(53)46(58)40(54)20-30/h1-20H,21-22H2. The Bertz CT molecular complexity index is 2600. The maximum Gasteiger partial charge on any atom is 0.194 e. The third-order valence-corrected chi connectivity index (χ3v) is 14.9. The Labute approximate surface area is 336 Å². The van der Waals surface area contributed by atoms with Crippen molar-refractivity contribution in [2.24, 2.45) is 0 Å². The predicted octanol–water partition coefficient (Wildman–Crippen LogP) is 12.6. The molecule has 0 bridgehead atoms. The van der Waals surface area contributed by atoms with Gasteiger partial charge in [0.1, 0.15) is 0 Å². The van der Waals surface area contributed by atoms with Crippen molar-refractivity contribution < 1.29 is 52.7 Å². The minimum absolute atomic E-state index is 0.187. The second-order valence-corrected chi connectivity index (χ2v) is 18.1. The fraction of sp³-hybridized carbons (Fsp3) is 0.0435. The molecule has 0 atom stereocenters. The van der Waals surface area contributed by atoms with E-state index in [1.807, 2.05) is 0 Å². The van der Waals surface area contributed by atoms with Gasteiger partial charge in [0, 0.05) is 12.3 Å². The highest BCUT2D eigenvalue weighted by atomic mass is 31.1. The zero-order chi connectivity index (χ0) is 42.6. The molecule has 0 amide bonds. The maximum absolute atomic E-state index is 14.9. The maximum atomic E-state index is 14.9. The summed E-state index contributed by atoms with van der Waals surface area (Å²) in [4.78, 5) is 0. The number of hydrogen-bond donors (Lipinski definition) is 0. The molecule has 60 heavy (non-hydrogen) atoms. The Morgan fingerprint density at radius 2 is 0.550 bits per heavy atom. The van der Waals surface area contributed by atoms with Crippen molar-refractivity contribution in [3.63, 3.8) is 0 Å². The first-order chi connectivity index (χ1) is 28.7. The molecule has 0 N–H and O–H groups in total. The third-order valence-electron chi connectivity index (χ3n) is 10.1. The number of rotatable bonds is 9. The molecule has 0 spiro atoms. The molecule has 0 fully saturated rings. The van der Waals surface area contributed by atoms with Gasteiger partial charge >= 0.3 is 0 Å². The highest BCUT2D eigenvalue weighted by Gasteiger charge is 2.28. The van der Waals surface area contributed by atoms with Crippen molar-refractivity contribution in [3.8, 4) is 11.1 Å². The molecule has 0 saturated heterocycles. The van der Waals surface area contributed by atoms with Crippen LogP contribution in [0.25, 0.3) is 32.7 Å². The second-order valence-electron chi connectivity index (χ2n) is 13.7. The van der Waals surface area contributed by atoms with Gasteiger partial charge in [-0.3, -0.25) is 0 Å². The van der Waals surface area contributed by atoms with Crippen LogP contribution >= 0.6 is 15.8 Å². The van der Waals surface area contributed by atoms with Crippen LogP contribution in [0.3, 0.4) is 0 Å². The quantitative estimate of drug-likeness (QED) is 0.0770. The largest absolute Gasteiger partial charge is 0.204 e. The lowest BCUT2D eigenvalue weighted by Gasteiger charge is -2.26. The molecule has 0 aliphatic rings. The smallest absolute Gasteiger partial charge is 0.194 e. The number of halogens is 12. The number of benzene rings is 8. The summed E-state index contributed by atoms with van der Waals surface area (Å²) >= 11 is 0. The van der Waals surface area contributed by atoms with Crippen molar-refractivity contribution in [1.29, 1.82) is 0 Å². The van der Waals surface area contributed by atoms with Crippen LogP contribution in [0.15, 0.2) is 121 Å². The van der Waals surface area contributed by atoms with Gasteiger partial charge in [0.25, 0.3) is 0 Å². The van der Waals surface area contributed by atoms with Gasteiger partial charge in [-0.05, 0) is 129 Å². The lowest BCUT2D eigenvalue weighted by atomic mass is 9.88. The predicted molar refractivity (Wildman–Crippen MR) is 212 cm³/mol. The molecule has 0 heterocycles. The fourth-order valence-corrected chi connectivity index (χ4v) is 12.0. The van der Waals surface area contributed by atoms with Gasteiger partial charge in [0.15, 0.2) is 69.8 Å². The summed E-state index contributed by atoms with van der Waals surface area (Å²) in [5.74, 6) is -19.7. The van der Waals surface area contributed by atoms with E-state index < -0.39 is 85.6 Å². The molecule has 0 aliphatic carbocycles. The minimum Gasteiger partial charge on any atom is -0.204 e. The highest BCUT2D eigenvalue weighted by Crippen LogP contribution is 2.49. The first-order valence-electron chi connectivity index (χ1n) is 17.8. The van der Waals surface area contributed by atoms with Crippen molar-refractivity contribution in [2.75, 3.05) is 0 Å². The summed E-state index contributed by atoms with van der Waals surface area (Å²) < 4.78 is 176. The van der Waals surface area contributed by atoms with Crippen molar-refractivity contribution in [2.45, 2.75) is 12.3 Å². The Balaban J connectivity index is 1.41. The van der Waals surface area contributed by atoms with Gasteiger partial charge in [-0.15, -0.1) is 0 Å². The van der Waals surface area contributed by atoms with E-state index in [4.69, 9.17) is 0 Å². The molecule has 14 heteroatoms. The zero-order valence-corrected chi connectivity index (χ0v) is 32.2. The molecule has 8 aromatic rings. The number of fused-ring (bicyclic) bond motifs is 2. The SMILES string of the molecule is Fc1cc(P(Cc2ccc3ccccc3c2-c2c(CP(c3cc(F)c(F)c(F)c3)c3cc(F)c(F)c(F)c3)ccc3ccccc23)c2cc(F)c(F)c(F)c2)cc(F)c1F. The van der Waals surface area contributed by atoms with E-state index in [1.54, 1.807) is 72.8 Å². The van der Waals surface area contributed by atoms with E-state index in [0.717, 1.165) is 0 Å². The lowest BCUT2D eigenvalue weighted by molar-refractivity contribution is 0.448. The monoisotopic (exact) mass is 866 g/mol. The van der Waals surface area contributed by atoms with E-state index in [-0.39, 0.29) is 33.5 Å². The van der Waals surface area contributed by atoms with Crippen molar-refractivity contribution in [3.05, 3.63) is 202 Å². The third kappa shape index (κ3) is 7.63. The molecule has 0 unspecified atom stereocenters. The van der Waals surface area contributed by atoms with E-state index in [0.29, 0.717) is 92.3 Å². The Kier molecular flexibility index (Phi) is 11.2. The molecule has 0 saturated carbocycles. The normalized spacial score (nSPS) is 11.8. The zero-order valence-electron chi connectivity index (χ0n) is 30.4. The summed E-state index contributed by atoms with van der Waals surface area (Å²) in [6.07, 6.45) is -0.463. The molecule has 0 nitrogen and oxygen atoms in total. The van der Waals surface area contributed by atoms with Crippen LogP contribution in [0.2, 0.25) is 0 Å². The summed E-state index contributed by atoms with van der Waals surface area (Å²) in [5.41, 5.74) is 1.74. The van der Waals surface area contributed by atoms with Gasteiger partial charge in [-0.1, -0.05) is 72.8 Å². The Morgan fingerprint density at radius 3 is 0.817 bits per heavy atom. The van der Waals surface area contributed by atoms with E-state index >= 15 is 0 Å². The molecule has 0 aliphatic heterocycles. The van der Waals surface area contributed by atoms with Gasteiger partial charge in [0.2, 0.25) is 0 Å². The van der Waals surface area contributed by atoms with Crippen LogP contribution in [-0.2, 0) is 12.3 Å². The topological polar surface area (TPSA) is 0 Å². The molecule has 0 aromatic heterocycles. The molecule has 8 rings (SSSR count). The molecule has 0 radical (unpaired) electrons. The van der Waals surface area contributed by atoms with E-state index in [1.165, 1.54) is 0 Å². The average Bonchev–Trinajstić information content (AvgIpc) is 3.23. The average molecular weight is 867 g/mol. The van der Waals surface area contributed by atoms with Gasteiger partial charge in [0.05, 0.1) is 0 Å². The van der Waals surface area contributed by atoms with Crippen LogP contribution in [0.4, 0.5) is 52.7 Å². The first-order valence-corrected chi connectivity index (χ1v) is 20.9. The van der Waals surface area contributed by atoms with E-state index in [2.05, 4.69) is 0 Å². The molecular formula is C46H24F12P2. The minimum atomic E-state index is -2.27. The van der Waals surface area contributed by atoms with Crippen molar-refractivity contribution >= 4 is 58.6 Å². The molecule has 8 aromatic carbocycles. The highest BCUT2D eigenvalue weighted by molar-refractivity contribution is 7.72. The summed E-state index contributed by atoms with van der Waals surface area (Å²) in [6, 6.07) is 26.4. The fourth-order valence-electron chi connectivity index (χ4n) is 7.28. The van der Waals surface area contributed by atoms with Crippen LogP contribution in [0.5, 0.6) is 0 Å². The lowest BCUT2D eigenvalue weighted by Crippen LogP contribution is -2.18. The summed E-state index contributed by atoms with van der Waals surface area (Å²) in [6.45, 7) is 0. The Hall–Kier alpha value is -5.70.